The number of hydrogen-bond donors (Lipinski definition) is 2. The molecule has 23 heavy (non-hydrogen) atoms. The van der Waals surface area contributed by atoms with Crippen LogP contribution in [0.4, 0.5) is 0 Å². The lowest BCUT2D eigenvalue weighted by Gasteiger charge is -2.63. The average Bonchev–Trinajstić information content (AvgIpc) is 2.63. The molecular formula is C20H32O3. The van der Waals surface area contributed by atoms with E-state index in [4.69, 9.17) is 0 Å². The molecule has 7 atom stereocenters. The molecule has 2 N–H and O–H groups in total. The highest BCUT2D eigenvalue weighted by atomic mass is 16.4. The molecule has 4 rings (SSSR count). The number of rotatable bonds is 1. The Hall–Kier alpha value is -0.570. The van der Waals surface area contributed by atoms with Gasteiger partial charge in [0.15, 0.2) is 0 Å². The molecule has 0 aromatic rings. The summed E-state index contributed by atoms with van der Waals surface area (Å²) < 4.78 is 0. The van der Waals surface area contributed by atoms with Crippen molar-refractivity contribution in [3.63, 3.8) is 0 Å². The van der Waals surface area contributed by atoms with Crippen LogP contribution in [0.15, 0.2) is 0 Å². The monoisotopic (exact) mass is 320 g/mol. The summed E-state index contributed by atoms with van der Waals surface area (Å²) in [7, 11) is 0. The average molecular weight is 320 g/mol. The van der Waals surface area contributed by atoms with Gasteiger partial charge in [-0.25, -0.2) is 0 Å². The molecule has 0 amide bonds. The van der Waals surface area contributed by atoms with Gasteiger partial charge in [-0.2, -0.15) is 0 Å². The molecule has 0 unspecified atom stereocenters. The Bertz CT molecular complexity index is 541. The van der Waals surface area contributed by atoms with E-state index >= 15 is 0 Å². The van der Waals surface area contributed by atoms with Crippen LogP contribution in [0.25, 0.3) is 0 Å². The van der Waals surface area contributed by atoms with Crippen molar-refractivity contribution in [1.29, 1.82) is 0 Å². The maximum absolute atomic E-state index is 12.1. The smallest absolute Gasteiger partial charge is 0.309 e. The zero-order valence-corrected chi connectivity index (χ0v) is 14.9. The van der Waals surface area contributed by atoms with Crippen LogP contribution < -0.4 is 0 Å². The second-order valence-corrected chi connectivity index (χ2v) is 10.1. The molecular weight excluding hydrogens is 288 g/mol. The summed E-state index contributed by atoms with van der Waals surface area (Å²) in [6.45, 7) is 6.45. The normalized spacial score (nSPS) is 58.3. The van der Waals surface area contributed by atoms with E-state index in [1.54, 1.807) is 0 Å². The Balaban J connectivity index is 1.74. The number of fused-ring (bicyclic) bond motifs is 3. The lowest BCUT2D eigenvalue weighted by molar-refractivity contribution is -0.181. The molecule has 3 nitrogen and oxygen atoms in total. The molecule has 130 valence electrons. The highest BCUT2D eigenvalue weighted by Crippen LogP contribution is 2.72. The third-order valence-corrected chi connectivity index (χ3v) is 8.98. The number of aliphatic carboxylic acids is 1. The van der Waals surface area contributed by atoms with Crippen molar-refractivity contribution < 1.29 is 15.0 Å². The minimum absolute atomic E-state index is 0.148. The summed E-state index contributed by atoms with van der Waals surface area (Å²) in [5.41, 5.74) is -0.612. The van der Waals surface area contributed by atoms with Gasteiger partial charge in [0.25, 0.3) is 0 Å². The Morgan fingerprint density at radius 1 is 1.00 bits per heavy atom. The number of hydrogen-bond acceptors (Lipinski definition) is 2. The highest BCUT2D eigenvalue weighted by Gasteiger charge is 2.67. The minimum Gasteiger partial charge on any atom is -0.481 e. The van der Waals surface area contributed by atoms with Gasteiger partial charge in [0, 0.05) is 0 Å². The number of carboxylic acids is 1. The van der Waals surface area contributed by atoms with Gasteiger partial charge in [-0.15, -0.1) is 0 Å². The van der Waals surface area contributed by atoms with Gasteiger partial charge in [0.2, 0.25) is 0 Å². The molecule has 0 heterocycles. The first-order valence-corrected chi connectivity index (χ1v) is 9.60. The van der Waals surface area contributed by atoms with Gasteiger partial charge in [-0.1, -0.05) is 13.3 Å². The summed E-state index contributed by atoms with van der Waals surface area (Å²) in [6, 6.07) is 0. The molecule has 4 aliphatic rings. The fraction of sp³-hybridized carbons (Fsp3) is 0.950. The van der Waals surface area contributed by atoms with Crippen molar-refractivity contribution in [3.8, 4) is 0 Å². The lowest BCUT2D eigenvalue weighted by Crippen LogP contribution is -2.58. The first-order chi connectivity index (χ1) is 10.6. The van der Waals surface area contributed by atoms with Gasteiger partial charge in [-0.3, -0.25) is 4.79 Å². The summed E-state index contributed by atoms with van der Waals surface area (Å²) in [6.07, 6.45) is 9.68. The molecule has 4 saturated carbocycles. The second-order valence-electron chi connectivity index (χ2n) is 10.1. The van der Waals surface area contributed by atoms with E-state index in [-0.39, 0.29) is 10.8 Å². The number of carbonyl (C=O) groups is 1. The molecule has 1 spiro atoms. The molecule has 4 aliphatic carbocycles. The minimum atomic E-state index is -0.587. The summed E-state index contributed by atoms with van der Waals surface area (Å²) in [4.78, 5) is 12.1. The van der Waals surface area contributed by atoms with Crippen LogP contribution in [-0.2, 0) is 4.79 Å². The summed E-state index contributed by atoms with van der Waals surface area (Å²) in [5, 5.41) is 20.8. The molecule has 0 saturated heterocycles. The molecule has 3 heteroatoms. The largest absolute Gasteiger partial charge is 0.481 e. The van der Waals surface area contributed by atoms with Crippen molar-refractivity contribution in [2.45, 2.75) is 84.2 Å². The fourth-order valence-corrected chi connectivity index (χ4v) is 8.05. The van der Waals surface area contributed by atoms with Gasteiger partial charge < -0.3 is 10.2 Å². The van der Waals surface area contributed by atoms with Crippen molar-refractivity contribution in [3.05, 3.63) is 0 Å². The molecule has 0 aromatic carbocycles. The topological polar surface area (TPSA) is 57.5 Å². The fourth-order valence-electron chi connectivity index (χ4n) is 8.05. The van der Waals surface area contributed by atoms with Crippen molar-refractivity contribution in [1.82, 2.24) is 0 Å². The van der Waals surface area contributed by atoms with Crippen LogP contribution in [0.2, 0.25) is 0 Å². The molecule has 0 radical (unpaired) electrons. The van der Waals surface area contributed by atoms with Gasteiger partial charge >= 0.3 is 5.97 Å². The Kier molecular flexibility index (Phi) is 3.14. The predicted molar refractivity (Wildman–Crippen MR) is 88.9 cm³/mol. The standard InChI is InChI=1S/C20H32O3/c1-17-8-4-9-18(2,16(21)22)14(17)7-10-20-11-13(5-6-15(17)20)19(3,23)12-20/h13-15,23H,4-12H2,1-3H3,(H,21,22)/t13-,14+,15-,17+,18-,19-,20+/m1/s1. The molecule has 2 bridgehead atoms. The SMILES string of the molecule is C[C@]12CCC[C@@](C)(C(=O)O)[C@H]1CC[C@@]13C[C@@H](CC[C@@H]12)[C@](C)(O)C3. The predicted octanol–water partition coefficient (Wildman–Crippen LogP) is 4.23. The third-order valence-electron chi connectivity index (χ3n) is 8.98. The maximum Gasteiger partial charge on any atom is 0.309 e. The number of carboxylic acid groups (broad SMARTS) is 1. The second kappa shape index (κ2) is 4.53. The van der Waals surface area contributed by atoms with Crippen LogP contribution in [0.1, 0.15) is 78.6 Å². The van der Waals surface area contributed by atoms with Crippen molar-refractivity contribution in [2.24, 2.45) is 34.0 Å². The van der Waals surface area contributed by atoms with E-state index < -0.39 is 17.0 Å². The molecule has 0 aromatic heterocycles. The van der Waals surface area contributed by atoms with Crippen LogP contribution in [-0.4, -0.2) is 21.8 Å². The van der Waals surface area contributed by atoms with Gasteiger partial charge in [0.1, 0.15) is 0 Å². The Morgan fingerprint density at radius 2 is 1.74 bits per heavy atom. The van der Waals surface area contributed by atoms with E-state index in [0.717, 1.165) is 38.5 Å². The van der Waals surface area contributed by atoms with Crippen LogP contribution in [0.5, 0.6) is 0 Å². The zero-order valence-electron chi connectivity index (χ0n) is 14.9. The zero-order chi connectivity index (χ0) is 16.7. The van der Waals surface area contributed by atoms with E-state index in [0.29, 0.717) is 17.8 Å². The van der Waals surface area contributed by atoms with Crippen LogP contribution >= 0.6 is 0 Å². The van der Waals surface area contributed by atoms with E-state index in [2.05, 4.69) is 6.92 Å². The first kappa shape index (κ1) is 15.9. The summed E-state index contributed by atoms with van der Waals surface area (Å²) >= 11 is 0. The number of aliphatic hydroxyl groups is 1. The summed E-state index contributed by atoms with van der Waals surface area (Å²) in [5.74, 6) is 0.793. The Labute approximate surface area is 139 Å². The third kappa shape index (κ3) is 1.89. The van der Waals surface area contributed by atoms with Gasteiger partial charge in [0.05, 0.1) is 11.0 Å². The van der Waals surface area contributed by atoms with Gasteiger partial charge in [-0.05, 0) is 93.8 Å². The lowest BCUT2D eigenvalue weighted by atomic mass is 9.41. The highest BCUT2D eigenvalue weighted by molar-refractivity contribution is 5.75. The van der Waals surface area contributed by atoms with Crippen LogP contribution in [0.3, 0.4) is 0 Å². The van der Waals surface area contributed by atoms with Crippen molar-refractivity contribution >= 4 is 5.97 Å². The van der Waals surface area contributed by atoms with E-state index in [1.807, 2.05) is 13.8 Å². The first-order valence-electron chi connectivity index (χ1n) is 9.60. The van der Waals surface area contributed by atoms with E-state index in [1.165, 1.54) is 19.3 Å². The van der Waals surface area contributed by atoms with E-state index in [9.17, 15) is 15.0 Å². The molecule has 0 aliphatic heterocycles. The van der Waals surface area contributed by atoms with Crippen LogP contribution in [0, 0.1) is 34.0 Å². The maximum atomic E-state index is 12.1. The Morgan fingerprint density at radius 3 is 2.43 bits per heavy atom. The quantitative estimate of drug-likeness (QED) is 0.760. The molecule has 4 fully saturated rings. The van der Waals surface area contributed by atoms with Crippen molar-refractivity contribution in [2.75, 3.05) is 0 Å².